The first-order valence-electron chi connectivity index (χ1n) is 9.05. The summed E-state index contributed by atoms with van der Waals surface area (Å²) in [5, 5.41) is 8.50. The highest BCUT2D eigenvalue weighted by Gasteiger charge is 2.12. The van der Waals surface area contributed by atoms with Crippen molar-refractivity contribution in [3.63, 3.8) is 0 Å². The zero-order chi connectivity index (χ0) is 20.1. The van der Waals surface area contributed by atoms with Crippen LogP contribution in [0.15, 0.2) is 46.9 Å². The van der Waals surface area contributed by atoms with Crippen molar-refractivity contribution in [2.45, 2.75) is 20.8 Å². The summed E-state index contributed by atoms with van der Waals surface area (Å²) in [6.45, 7) is 6.82. The molecule has 0 aliphatic rings. The Morgan fingerprint density at radius 3 is 2.68 bits per heavy atom. The van der Waals surface area contributed by atoms with Crippen molar-refractivity contribution in [3.05, 3.63) is 59.5 Å². The van der Waals surface area contributed by atoms with Gasteiger partial charge < -0.3 is 13.9 Å². The predicted molar refractivity (Wildman–Crippen MR) is 112 cm³/mol. The number of aromatic nitrogens is 2. The van der Waals surface area contributed by atoms with Crippen molar-refractivity contribution >= 4 is 22.7 Å². The summed E-state index contributed by atoms with van der Waals surface area (Å²) in [6, 6.07) is 13.5. The molecule has 0 unspecified atom stereocenters. The smallest absolute Gasteiger partial charge is 0.259 e. The van der Waals surface area contributed by atoms with Crippen molar-refractivity contribution in [2.75, 3.05) is 13.7 Å². The Balaban J connectivity index is 1.81. The van der Waals surface area contributed by atoms with Gasteiger partial charge in [0.15, 0.2) is 11.5 Å². The van der Waals surface area contributed by atoms with Gasteiger partial charge in [-0.1, -0.05) is 49.2 Å². The Hall–Kier alpha value is -2.79. The summed E-state index contributed by atoms with van der Waals surface area (Å²) < 4.78 is 16.9. The van der Waals surface area contributed by atoms with Crippen LogP contribution in [-0.2, 0) is 0 Å². The summed E-state index contributed by atoms with van der Waals surface area (Å²) in [7, 11) is 1.61. The lowest BCUT2D eigenvalue weighted by Crippen LogP contribution is -2.05. The van der Waals surface area contributed by atoms with Crippen LogP contribution >= 0.6 is 11.6 Å². The summed E-state index contributed by atoms with van der Waals surface area (Å²) in [6.07, 6.45) is 1.75. The number of hydrogen-bond acceptors (Lipinski definition) is 5. The summed E-state index contributed by atoms with van der Waals surface area (Å²) >= 11 is 6.40. The molecule has 0 radical (unpaired) electrons. The van der Waals surface area contributed by atoms with Crippen molar-refractivity contribution in [1.29, 1.82) is 0 Å². The van der Waals surface area contributed by atoms with E-state index in [4.69, 9.17) is 25.5 Å². The maximum Gasteiger partial charge on any atom is 0.259 e. The third-order valence-corrected chi connectivity index (χ3v) is 4.22. The minimum atomic E-state index is 0.261. The molecule has 2 aromatic carbocycles. The van der Waals surface area contributed by atoms with E-state index in [-0.39, 0.29) is 5.89 Å². The normalized spacial score (nSPS) is 11.7. The number of rotatable bonds is 7. The van der Waals surface area contributed by atoms with Gasteiger partial charge in [0.25, 0.3) is 5.89 Å². The standard InChI is InChI=1S/C22H23ClN2O3/c1-14(2)13-27-19-9-8-16(12-20(19)26-4)11-18(23)22-25-24-21(28-22)17-7-5-6-15(3)10-17/h5-12,14H,13H2,1-4H3/b18-11-. The van der Waals surface area contributed by atoms with E-state index in [1.165, 1.54) is 0 Å². The second-order valence-electron chi connectivity index (χ2n) is 6.89. The molecule has 6 heteroatoms. The van der Waals surface area contributed by atoms with Gasteiger partial charge in [-0.2, -0.15) is 0 Å². The molecular weight excluding hydrogens is 376 g/mol. The maximum atomic E-state index is 6.40. The summed E-state index contributed by atoms with van der Waals surface area (Å²) in [4.78, 5) is 0. The van der Waals surface area contributed by atoms with E-state index in [9.17, 15) is 0 Å². The molecule has 0 bridgehead atoms. The van der Waals surface area contributed by atoms with Gasteiger partial charge in [-0.05, 0) is 48.7 Å². The lowest BCUT2D eigenvalue weighted by atomic mass is 10.1. The Bertz CT molecular complexity index is 979. The third kappa shape index (κ3) is 4.93. The van der Waals surface area contributed by atoms with Gasteiger partial charge in [-0.25, -0.2) is 0 Å². The maximum absolute atomic E-state index is 6.40. The second-order valence-corrected chi connectivity index (χ2v) is 7.30. The lowest BCUT2D eigenvalue weighted by molar-refractivity contribution is 0.257. The molecule has 0 saturated heterocycles. The molecule has 0 N–H and O–H groups in total. The molecule has 5 nitrogen and oxygen atoms in total. The number of methoxy groups -OCH3 is 1. The minimum Gasteiger partial charge on any atom is -0.493 e. The molecule has 3 rings (SSSR count). The largest absolute Gasteiger partial charge is 0.493 e. The Labute approximate surface area is 170 Å². The third-order valence-electron chi connectivity index (χ3n) is 3.95. The average Bonchev–Trinajstić information content (AvgIpc) is 3.17. The quantitative estimate of drug-likeness (QED) is 0.501. The van der Waals surface area contributed by atoms with Gasteiger partial charge in [0.05, 0.1) is 13.7 Å². The average molecular weight is 399 g/mol. The fourth-order valence-electron chi connectivity index (χ4n) is 2.57. The van der Waals surface area contributed by atoms with Crippen LogP contribution in [0.1, 0.15) is 30.9 Å². The van der Waals surface area contributed by atoms with Crippen molar-refractivity contribution in [3.8, 4) is 23.0 Å². The fraction of sp³-hybridized carbons (Fsp3) is 0.273. The minimum absolute atomic E-state index is 0.261. The second kappa shape index (κ2) is 8.93. The van der Waals surface area contributed by atoms with Crippen molar-refractivity contribution < 1.29 is 13.9 Å². The molecule has 28 heavy (non-hydrogen) atoms. The van der Waals surface area contributed by atoms with Gasteiger partial charge in [-0.3, -0.25) is 0 Å². The van der Waals surface area contributed by atoms with Crippen LogP contribution in [0.4, 0.5) is 0 Å². The molecule has 3 aromatic rings. The Kier molecular flexibility index (Phi) is 6.37. The zero-order valence-electron chi connectivity index (χ0n) is 16.4. The molecular formula is C22H23ClN2O3. The number of hydrogen-bond donors (Lipinski definition) is 0. The van der Waals surface area contributed by atoms with Gasteiger partial charge in [0.1, 0.15) is 5.03 Å². The number of halogens is 1. The summed E-state index contributed by atoms with van der Waals surface area (Å²) in [5.41, 5.74) is 2.82. The molecule has 1 aromatic heterocycles. The van der Waals surface area contributed by atoms with Gasteiger partial charge in [-0.15, -0.1) is 10.2 Å². The van der Waals surface area contributed by atoms with E-state index in [0.29, 0.717) is 34.9 Å². The lowest BCUT2D eigenvalue weighted by Gasteiger charge is -2.12. The van der Waals surface area contributed by atoms with Crippen LogP contribution in [-0.4, -0.2) is 23.9 Å². The van der Waals surface area contributed by atoms with E-state index >= 15 is 0 Å². The Morgan fingerprint density at radius 2 is 1.96 bits per heavy atom. The highest BCUT2D eigenvalue weighted by molar-refractivity contribution is 6.50. The first-order valence-corrected chi connectivity index (χ1v) is 9.43. The molecule has 0 spiro atoms. The van der Waals surface area contributed by atoms with E-state index < -0.39 is 0 Å². The van der Waals surface area contributed by atoms with Crippen LogP contribution in [0.25, 0.3) is 22.6 Å². The van der Waals surface area contributed by atoms with Crippen LogP contribution in [0.2, 0.25) is 0 Å². The number of nitrogens with zero attached hydrogens (tertiary/aromatic N) is 2. The van der Waals surface area contributed by atoms with Gasteiger partial charge >= 0.3 is 0 Å². The van der Waals surface area contributed by atoms with Crippen LogP contribution in [0, 0.1) is 12.8 Å². The molecule has 0 aliphatic heterocycles. The first kappa shape index (κ1) is 20.0. The van der Waals surface area contributed by atoms with Crippen molar-refractivity contribution in [2.24, 2.45) is 5.92 Å². The van der Waals surface area contributed by atoms with E-state index in [1.54, 1.807) is 13.2 Å². The molecule has 0 saturated carbocycles. The predicted octanol–water partition coefficient (Wildman–Crippen LogP) is 5.83. The number of ether oxygens (including phenoxy) is 2. The number of aryl methyl sites for hydroxylation is 1. The molecule has 0 fully saturated rings. The Morgan fingerprint density at radius 1 is 1.14 bits per heavy atom. The molecule has 0 atom stereocenters. The van der Waals surface area contributed by atoms with Crippen LogP contribution in [0.3, 0.4) is 0 Å². The molecule has 0 aliphatic carbocycles. The molecule has 1 heterocycles. The van der Waals surface area contributed by atoms with Crippen LogP contribution in [0.5, 0.6) is 11.5 Å². The van der Waals surface area contributed by atoms with E-state index in [0.717, 1.165) is 16.7 Å². The SMILES string of the molecule is COc1cc(/C=C(\Cl)c2nnc(-c3cccc(C)c3)o2)ccc1OCC(C)C. The summed E-state index contributed by atoms with van der Waals surface area (Å²) in [5.74, 6) is 2.46. The van der Waals surface area contributed by atoms with Crippen LogP contribution < -0.4 is 9.47 Å². The number of benzene rings is 2. The van der Waals surface area contributed by atoms with Crippen molar-refractivity contribution in [1.82, 2.24) is 10.2 Å². The van der Waals surface area contributed by atoms with E-state index in [2.05, 4.69) is 24.0 Å². The zero-order valence-corrected chi connectivity index (χ0v) is 17.2. The van der Waals surface area contributed by atoms with Gasteiger partial charge in [0, 0.05) is 5.56 Å². The monoisotopic (exact) mass is 398 g/mol. The van der Waals surface area contributed by atoms with Gasteiger partial charge in [0.2, 0.25) is 5.89 Å². The fourth-order valence-corrected chi connectivity index (χ4v) is 2.77. The first-order chi connectivity index (χ1) is 13.5. The van der Waals surface area contributed by atoms with E-state index in [1.807, 2.05) is 49.4 Å². The molecule has 0 amide bonds. The topological polar surface area (TPSA) is 57.4 Å². The highest BCUT2D eigenvalue weighted by atomic mass is 35.5. The highest BCUT2D eigenvalue weighted by Crippen LogP contribution is 2.31. The molecule has 146 valence electrons.